The van der Waals surface area contributed by atoms with Gasteiger partial charge in [0.05, 0.1) is 6.61 Å². The van der Waals surface area contributed by atoms with Crippen LogP contribution in [0.5, 0.6) is 5.88 Å². The summed E-state index contributed by atoms with van der Waals surface area (Å²) in [5.74, 6) is 3.01. The molecule has 0 N–H and O–H groups in total. The summed E-state index contributed by atoms with van der Waals surface area (Å²) in [6.45, 7) is 7.12. The zero-order valence-corrected chi connectivity index (χ0v) is 18.4. The summed E-state index contributed by atoms with van der Waals surface area (Å²) in [4.78, 5) is 15.9. The van der Waals surface area contributed by atoms with Crippen molar-refractivity contribution in [1.82, 2.24) is 15.0 Å². The van der Waals surface area contributed by atoms with Crippen molar-refractivity contribution in [2.75, 3.05) is 24.6 Å². The van der Waals surface area contributed by atoms with Crippen LogP contribution in [0.1, 0.15) is 63.5 Å². The average molecular weight is 407 g/mol. The summed E-state index contributed by atoms with van der Waals surface area (Å²) in [5, 5.41) is 0. The number of hydrogen-bond donors (Lipinski definition) is 0. The summed E-state index contributed by atoms with van der Waals surface area (Å²) < 4.78 is 6.01. The van der Waals surface area contributed by atoms with E-state index < -0.39 is 0 Å². The van der Waals surface area contributed by atoms with E-state index in [-0.39, 0.29) is 0 Å². The minimum absolute atomic E-state index is 0.560. The topological polar surface area (TPSA) is 51.1 Å². The molecule has 0 radical (unpaired) electrons. The number of piperidine rings is 1. The smallest absolute Gasteiger partial charge is 0.225 e. The molecule has 0 aromatic carbocycles. The van der Waals surface area contributed by atoms with Crippen molar-refractivity contribution in [3.63, 3.8) is 0 Å². The molecule has 4 rings (SSSR count). The molecule has 1 saturated heterocycles. The van der Waals surface area contributed by atoms with Gasteiger partial charge in [0.2, 0.25) is 11.8 Å². The van der Waals surface area contributed by atoms with Crippen LogP contribution in [0.4, 0.5) is 5.95 Å². The molecule has 5 heteroatoms. The Morgan fingerprint density at radius 1 is 0.967 bits per heavy atom. The summed E-state index contributed by atoms with van der Waals surface area (Å²) in [6.07, 6.45) is 16.4. The van der Waals surface area contributed by atoms with E-state index in [2.05, 4.69) is 45.8 Å². The fraction of sp³-hybridized carbons (Fsp3) is 0.560. The van der Waals surface area contributed by atoms with Crippen LogP contribution in [0.2, 0.25) is 0 Å². The van der Waals surface area contributed by atoms with Gasteiger partial charge in [-0.1, -0.05) is 26.3 Å². The monoisotopic (exact) mass is 406 g/mol. The molecule has 160 valence electrons. The minimum Gasteiger partial charge on any atom is -0.477 e. The van der Waals surface area contributed by atoms with Crippen LogP contribution in [0.25, 0.3) is 5.57 Å². The Morgan fingerprint density at radius 3 is 2.37 bits per heavy atom. The van der Waals surface area contributed by atoms with Crippen LogP contribution in [0.3, 0.4) is 0 Å². The van der Waals surface area contributed by atoms with E-state index in [1.807, 2.05) is 24.7 Å². The molecular weight excluding hydrogens is 372 g/mol. The van der Waals surface area contributed by atoms with Crippen molar-refractivity contribution in [2.45, 2.75) is 58.8 Å². The summed E-state index contributed by atoms with van der Waals surface area (Å²) in [6, 6.07) is 4.20. The minimum atomic E-state index is 0.560. The SMILES string of the molecule is CCc1cnc(N2CCC(COc3ccc(C4=CCC(CC)CC4)cn3)CC2)nc1. The lowest BCUT2D eigenvalue weighted by molar-refractivity contribution is 0.215. The van der Waals surface area contributed by atoms with Crippen LogP contribution in [-0.2, 0) is 6.42 Å². The van der Waals surface area contributed by atoms with Crippen molar-refractivity contribution in [3.8, 4) is 5.88 Å². The molecule has 3 heterocycles. The van der Waals surface area contributed by atoms with Crippen LogP contribution >= 0.6 is 0 Å². The van der Waals surface area contributed by atoms with Gasteiger partial charge in [-0.25, -0.2) is 15.0 Å². The fourth-order valence-electron chi connectivity index (χ4n) is 4.37. The molecular formula is C25H34N4O. The Labute approximate surface area is 180 Å². The van der Waals surface area contributed by atoms with Crippen molar-refractivity contribution in [3.05, 3.63) is 47.9 Å². The number of allylic oxidation sites excluding steroid dienone is 2. The Morgan fingerprint density at radius 2 is 1.77 bits per heavy atom. The molecule has 0 saturated carbocycles. The maximum atomic E-state index is 6.01. The Kier molecular flexibility index (Phi) is 6.98. The number of rotatable bonds is 7. The highest BCUT2D eigenvalue weighted by atomic mass is 16.5. The predicted molar refractivity (Wildman–Crippen MR) is 122 cm³/mol. The van der Waals surface area contributed by atoms with E-state index in [1.165, 1.54) is 42.4 Å². The van der Waals surface area contributed by atoms with Crippen LogP contribution in [0, 0.1) is 11.8 Å². The van der Waals surface area contributed by atoms with Gasteiger partial charge in [0.1, 0.15) is 0 Å². The second-order valence-electron chi connectivity index (χ2n) is 8.65. The van der Waals surface area contributed by atoms with Crippen LogP contribution in [-0.4, -0.2) is 34.6 Å². The molecule has 1 fully saturated rings. The summed E-state index contributed by atoms with van der Waals surface area (Å²) >= 11 is 0. The summed E-state index contributed by atoms with van der Waals surface area (Å²) in [5.41, 5.74) is 3.88. The fourth-order valence-corrected chi connectivity index (χ4v) is 4.37. The summed E-state index contributed by atoms with van der Waals surface area (Å²) in [7, 11) is 0. The third-order valence-corrected chi connectivity index (χ3v) is 6.67. The number of pyridine rings is 1. The zero-order chi connectivity index (χ0) is 20.8. The quantitative estimate of drug-likeness (QED) is 0.623. The molecule has 0 spiro atoms. The van der Waals surface area contributed by atoms with Gasteiger partial charge in [-0.3, -0.25) is 0 Å². The molecule has 1 aliphatic heterocycles. The van der Waals surface area contributed by atoms with E-state index in [0.29, 0.717) is 5.92 Å². The zero-order valence-electron chi connectivity index (χ0n) is 18.4. The molecule has 0 amide bonds. The normalized spacial score (nSPS) is 20.1. The van der Waals surface area contributed by atoms with Gasteiger partial charge >= 0.3 is 0 Å². The van der Waals surface area contributed by atoms with Crippen molar-refractivity contribution in [2.24, 2.45) is 11.8 Å². The number of ether oxygens (including phenoxy) is 1. The van der Waals surface area contributed by atoms with Gasteiger partial charge in [0, 0.05) is 37.7 Å². The molecule has 5 nitrogen and oxygen atoms in total. The van der Waals surface area contributed by atoms with E-state index in [9.17, 15) is 0 Å². The van der Waals surface area contributed by atoms with Crippen molar-refractivity contribution in [1.29, 1.82) is 0 Å². The number of hydrogen-bond acceptors (Lipinski definition) is 5. The maximum absolute atomic E-state index is 6.01. The second kappa shape index (κ2) is 10.1. The number of aryl methyl sites for hydroxylation is 1. The Bertz CT molecular complexity index is 823. The first-order valence-corrected chi connectivity index (χ1v) is 11.6. The standard InChI is InChI=1S/C25H34N4O/c1-3-19-5-7-22(8-6-19)23-9-10-24(26-17-23)30-18-21-11-13-29(14-12-21)25-27-15-20(4-2)16-28-25/h7,9-10,15-17,19,21H,3-6,8,11-14,18H2,1-2H3. The third-order valence-electron chi connectivity index (χ3n) is 6.67. The van der Waals surface area contributed by atoms with Gasteiger partial charge in [0.25, 0.3) is 0 Å². The molecule has 0 bridgehead atoms. The highest BCUT2D eigenvalue weighted by Crippen LogP contribution is 2.31. The lowest BCUT2D eigenvalue weighted by Gasteiger charge is -2.31. The first-order chi connectivity index (χ1) is 14.7. The molecule has 1 aliphatic carbocycles. The van der Waals surface area contributed by atoms with Gasteiger partial charge in [0.15, 0.2) is 0 Å². The van der Waals surface area contributed by atoms with Gasteiger partial charge in [-0.15, -0.1) is 0 Å². The first-order valence-electron chi connectivity index (χ1n) is 11.6. The van der Waals surface area contributed by atoms with Crippen molar-refractivity contribution >= 4 is 11.5 Å². The molecule has 1 atom stereocenters. The second-order valence-corrected chi connectivity index (χ2v) is 8.65. The largest absolute Gasteiger partial charge is 0.477 e. The number of anilines is 1. The predicted octanol–water partition coefficient (Wildman–Crippen LogP) is 5.32. The Balaban J connectivity index is 1.23. The molecule has 30 heavy (non-hydrogen) atoms. The first kappa shape index (κ1) is 20.8. The Hall–Kier alpha value is -2.43. The lowest BCUT2D eigenvalue weighted by Crippen LogP contribution is -2.36. The van der Waals surface area contributed by atoms with Gasteiger partial charge in [-0.2, -0.15) is 0 Å². The van der Waals surface area contributed by atoms with E-state index in [1.54, 1.807) is 0 Å². The number of nitrogens with zero attached hydrogens (tertiary/aromatic N) is 4. The van der Waals surface area contributed by atoms with Crippen LogP contribution < -0.4 is 9.64 Å². The molecule has 2 aromatic rings. The highest BCUT2D eigenvalue weighted by molar-refractivity contribution is 5.65. The van der Waals surface area contributed by atoms with E-state index in [0.717, 1.165) is 56.7 Å². The van der Waals surface area contributed by atoms with Gasteiger partial charge < -0.3 is 9.64 Å². The van der Waals surface area contributed by atoms with Crippen molar-refractivity contribution < 1.29 is 4.74 Å². The van der Waals surface area contributed by atoms with Gasteiger partial charge in [-0.05, 0) is 73.1 Å². The van der Waals surface area contributed by atoms with E-state index in [4.69, 9.17) is 4.74 Å². The third kappa shape index (κ3) is 5.18. The molecule has 1 unspecified atom stereocenters. The molecule has 2 aromatic heterocycles. The lowest BCUT2D eigenvalue weighted by atomic mass is 9.86. The maximum Gasteiger partial charge on any atom is 0.225 e. The molecule has 2 aliphatic rings. The number of aromatic nitrogens is 3. The highest BCUT2D eigenvalue weighted by Gasteiger charge is 2.21. The van der Waals surface area contributed by atoms with E-state index >= 15 is 0 Å². The average Bonchev–Trinajstić information content (AvgIpc) is 2.83. The van der Waals surface area contributed by atoms with Crippen LogP contribution in [0.15, 0.2) is 36.8 Å².